The number of aromatic nitrogens is 2. The van der Waals surface area contributed by atoms with Crippen molar-refractivity contribution < 1.29 is 14.1 Å². The van der Waals surface area contributed by atoms with Crippen LogP contribution < -0.4 is 10.1 Å². The van der Waals surface area contributed by atoms with Crippen molar-refractivity contribution in [1.82, 2.24) is 15.5 Å². The number of ether oxygens (including phenoxy) is 1. The fourth-order valence-electron chi connectivity index (χ4n) is 2.40. The summed E-state index contributed by atoms with van der Waals surface area (Å²) in [5, 5.41) is 6.66. The molecule has 1 amide bonds. The number of amides is 1. The van der Waals surface area contributed by atoms with Crippen LogP contribution in [0, 0.1) is 20.8 Å². The Kier molecular flexibility index (Phi) is 5.31. The zero-order chi connectivity index (χ0) is 18.5. The average Bonchev–Trinajstić information content (AvgIpc) is 3.11. The number of hydrogen-bond acceptors (Lipinski definition) is 5. The summed E-state index contributed by atoms with van der Waals surface area (Å²) in [5.74, 6) is 1.31. The Morgan fingerprint density at radius 1 is 1.12 bits per heavy atom. The van der Waals surface area contributed by atoms with Crippen LogP contribution in [-0.2, 0) is 11.3 Å². The second-order valence-electron chi connectivity index (χ2n) is 6.14. The van der Waals surface area contributed by atoms with Crippen molar-refractivity contribution in [3.8, 4) is 17.1 Å². The standard InChI is InChI=1S/C20H21N3O3/c1-13-7-9-16(10-8-13)20-22-19(26-23-20)11-21-18(24)12-25-17-6-4-5-14(2)15(17)3/h4-10H,11-12H2,1-3H3,(H,21,24). The largest absolute Gasteiger partial charge is 0.483 e. The van der Waals surface area contributed by atoms with Crippen LogP contribution in [0.4, 0.5) is 0 Å². The normalized spacial score (nSPS) is 10.6. The predicted octanol–water partition coefficient (Wildman–Crippen LogP) is 3.36. The molecular formula is C20H21N3O3. The first-order valence-corrected chi connectivity index (χ1v) is 8.38. The van der Waals surface area contributed by atoms with Gasteiger partial charge in [-0.3, -0.25) is 4.79 Å². The summed E-state index contributed by atoms with van der Waals surface area (Å²) in [6.45, 7) is 6.08. The topological polar surface area (TPSA) is 77.2 Å². The number of benzene rings is 2. The molecule has 0 aliphatic carbocycles. The lowest BCUT2D eigenvalue weighted by Crippen LogP contribution is -2.28. The smallest absolute Gasteiger partial charge is 0.258 e. The van der Waals surface area contributed by atoms with Gasteiger partial charge in [0.1, 0.15) is 5.75 Å². The third-order valence-corrected chi connectivity index (χ3v) is 4.13. The zero-order valence-corrected chi connectivity index (χ0v) is 15.1. The second-order valence-corrected chi connectivity index (χ2v) is 6.14. The summed E-state index contributed by atoms with van der Waals surface area (Å²) in [4.78, 5) is 16.3. The first kappa shape index (κ1) is 17.7. The molecule has 0 unspecified atom stereocenters. The minimum absolute atomic E-state index is 0.0662. The highest BCUT2D eigenvalue weighted by molar-refractivity contribution is 5.77. The Bertz CT molecular complexity index is 901. The van der Waals surface area contributed by atoms with Crippen LogP contribution in [0.25, 0.3) is 11.4 Å². The van der Waals surface area contributed by atoms with Gasteiger partial charge in [0.25, 0.3) is 5.91 Å². The van der Waals surface area contributed by atoms with Gasteiger partial charge in [-0.05, 0) is 38.0 Å². The van der Waals surface area contributed by atoms with E-state index in [1.165, 1.54) is 0 Å². The molecule has 6 nitrogen and oxygen atoms in total. The van der Waals surface area contributed by atoms with Gasteiger partial charge in [-0.25, -0.2) is 0 Å². The van der Waals surface area contributed by atoms with E-state index in [2.05, 4.69) is 15.5 Å². The van der Waals surface area contributed by atoms with E-state index in [0.29, 0.717) is 17.5 Å². The van der Waals surface area contributed by atoms with E-state index < -0.39 is 0 Å². The van der Waals surface area contributed by atoms with E-state index in [1.807, 2.05) is 63.2 Å². The molecule has 2 aromatic carbocycles. The summed E-state index contributed by atoms with van der Waals surface area (Å²) >= 11 is 0. The summed E-state index contributed by atoms with van der Waals surface area (Å²) < 4.78 is 10.8. The van der Waals surface area contributed by atoms with Gasteiger partial charge < -0.3 is 14.6 Å². The van der Waals surface area contributed by atoms with Gasteiger partial charge in [-0.15, -0.1) is 0 Å². The minimum Gasteiger partial charge on any atom is -0.483 e. The minimum atomic E-state index is -0.249. The molecule has 0 atom stereocenters. The third-order valence-electron chi connectivity index (χ3n) is 4.13. The monoisotopic (exact) mass is 351 g/mol. The Morgan fingerprint density at radius 2 is 1.88 bits per heavy atom. The van der Waals surface area contributed by atoms with Gasteiger partial charge >= 0.3 is 0 Å². The number of nitrogens with zero attached hydrogens (tertiary/aromatic N) is 2. The average molecular weight is 351 g/mol. The Morgan fingerprint density at radius 3 is 2.65 bits per heavy atom. The summed E-state index contributed by atoms with van der Waals surface area (Å²) in [6.07, 6.45) is 0. The summed E-state index contributed by atoms with van der Waals surface area (Å²) in [5.41, 5.74) is 4.18. The van der Waals surface area contributed by atoms with E-state index in [9.17, 15) is 4.79 Å². The molecule has 0 saturated carbocycles. The van der Waals surface area contributed by atoms with Crippen LogP contribution in [0.2, 0.25) is 0 Å². The molecule has 0 aliphatic rings. The van der Waals surface area contributed by atoms with E-state index >= 15 is 0 Å². The highest BCUT2D eigenvalue weighted by atomic mass is 16.5. The molecule has 0 radical (unpaired) electrons. The number of aryl methyl sites for hydroxylation is 2. The van der Waals surface area contributed by atoms with Gasteiger partial charge in [0.05, 0.1) is 6.54 Å². The quantitative estimate of drug-likeness (QED) is 0.737. The van der Waals surface area contributed by atoms with Crippen LogP contribution in [-0.4, -0.2) is 22.7 Å². The molecule has 0 saturated heterocycles. The van der Waals surface area contributed by atoms with Crippen molar-refractivity contribution in [3.05, 3.63) is 65.0 Å². The van der Waals surface area contributed by atoms with Crippen molar-refractivity contribution >= 4 is 5.91 Å². The lowest BCUT2D eigenvalue weighted by Gasteiger charge is -2.10. The van der Waals surface area contributed by atoms with E-state index in [1.54, 1.807) is 0 Å². The fourth-order valence-corrected chi connectivity index (χ4v) is 2.40. The van der Waals surface area contributed by atoms with Crippen molar-refractivity contribution in [2.45, 2.75) is 27.3 Å². The first-order chi connectivity index (χ1) is 12.5. The molecule has 1 N–H and O–H groups in total. The Hall–Kier alpha value is -3.15. The van der Waals surface area contributed by atoms with E-state index in [0.717, 1.165) is 22.3 Å². The summed E-state index contributed by atoms with van der Waals surface area (Å²) in [6, 6.07) is 13.6. The molecule has 6 heteroatoms. The second kappa shape index (κ2) is 7.82. The molecule has 26 heavy (non-hydrogen) atoms. The van der Waals surface area contributed by atoms with Crippen molar-refractivity contribution in [2.75, 3.05) is 6.61 Å². The number of nitrogens with one attached hydrogen (secondary N) is 1. The maximum Gasteiger partial charge on any atom is 0.258 e. The summed E-state index contributed by atoms with van der Waals surface area (Å²) in [7, 11) is 0. The SMILES string of the molecule is Cc1ccc(-c2noc(CNC(=O)COc3cccc(C)c3C)n2)cc1. The van der Waals surface area contributed by atoms with Crippen molar-refractivity contribution in [2.24, 2.45) is 0 Å². The molecule has 134 valence electrons. The third kappa shape index (κ3) is 4.27. The molecule has 3 rings (SSSR count). The van der Waals surface area contributed by atoms with Crippen LogP contribution in [0.3, 0.4) is 0 Å². The molecule has 0 spiro atoms. The molecule has 3 aromatic rings. The van der Waals surface area contributed by atoms with Crippen LogP contribution in [0.15, 0.2) is 47.0 Å². The van der Waals surface area contributed by atoms with Crippen LogP contribution >= 0.6 is 0 Å². The predicted molar refractivity (Wildman–Crippen MR) is 97.7 cm³/mol. The molecule has 0 aliphatic heterocycles. The molecular weight excluding hydrogens is 330 g/mol. The van der Waals surface area contributed by atoms with Gasteiger partial charge in [0.15, 0.2) is 6.61 Å². The maximum atomic E-state index is 12.0. The van der Waals surface area contributed by atoms with Crippen molar-refractivity contribution in [1.29, 1.82) is 0 Å². The van der Waals surface area contributed by atoms with Gasteiger partial charge in [0, 0.05) is 5.56 Å². The fraction of sp³-hybridized carbons (Fsp3) is 0.250. The number of carbonyl (C=O) groups is 1. The molecule has 0 fully saturated rings. The molecule has 1 aromatic heterocycles. The van der Waals surface area contributed by atoms with Gasteiger partial charge in [-0.1, -0.05) is 47.1 Å². The number of carbonyl (C=O) groups excluding carboxylic acids is 1. The van der Waals surface area contributed by atoms with E-state index in [-0.39, 0.29) is 19.1 Å². The van der Waals surface area contributed by atoms with Crippen LogP contribution in [0.1, 0.15) is 22.6 Å². The van der Waals surface area contributed by atoms with Crippen molar-refractivity contribution in [3.63, 3.8) is 0 Å². The maximum absolute atomic E-state index is 12.0. The van der Waals surface area contributed by atoms with Gasteiger partial charge in [-0.2, -0.15) is 4.98 Å². The van der Waals surface area contributed by atoms with E-state index in [4.69, 9.17) is 9.26 Å². The highest BCUT2D eigenvalue weighted by Gasteiger charge is 2.11. The van der Waals surface area contributed by atoms with Gasteiger partial charge in [0.2, 0.25) is 11.7 Å². The zero-order valence-electron chi connectivity index (χ0n) is 15.1. The lowest BCUT2D eigenvalue weighted by atomic mass is 10.1. The first-order valence-electron chi connectivity index (χ1n) is 8.38. The lowest BCUT2D eigenvalue weighted by molar-refractivity contribution is -0.123. The highest BCUT2D eigenvalue weighted by Crippen LogP contribution is 2.20. The number of rotatable bonds is 6. The Balaban J connectivity index is 1.52. The Labute approximate surface area is 152 Å². The molecule has 1 heterocycles. The number of hydrogen-bond donors (Lipinski definition) is 1. The molecule has 0 bridgehead atoms. The van der Waals surface area contributed by atoms with Crippen LogP contribution in [0.5, 0.6) is 5.75 Å².